The van der Waals surface area contributed by atoms with E-state index in [1.807, 2.05) is 22.8 Å². The zero-order valence-electron chi connectivity index (χ0n) is 11.9. The van der Waals surface area contributed by atoms with Gasteiger partial charge < -0.3 is 4.57 Å². The van der Waals surface area contributed by atoms with Crippen molar-refractivity contribution in [2.45, 2.75) is 13.0 Å². The number of hydrogen-bond donors (Lipinski definition) is 0. The van der Waals surface area contributed by atoms with Crippen molar-refractivity contribution in [2.24, 2.45) is 0 Å². The monoisotopic (exact) mass is 396 g/mol. The molecule has 0 bridgehead atoms. The van der Waals surface area contributed by atoms with E-state index in [0.717, 1.165) is 21.9 Å². The molecule has 0 radical (unpaired) electrons. The minimum atomic E-state index is -0.580. The predicted octanol–water partition coefficient (Wildman–Crippen LogP) is 5.22. The first-order chi connectivity index (χ1) is 11.0. The molecule has 2 nitrogen and oxygen atoms in total. The molecule has 23 heavy (non-hydrogen) atoms. The van der Waals surface area contributed by atoms with E-state index in [1.165, 1.54) is 12.1 Å². The quantitative estimate of drug-likeness (QED) is 0.590. The fraction of sp³-hybridized carbons (Fsp3) is 0.118. The summed E-state index contributed by atoms with van der Waals surface area (Å²) in [5.41, 5.74) is 1.60. The number of halogens is 4. The van der Waals surface area contributed by atoms with Crippen LogP contribution in [0.1, 0.15) is 17.0 Å². The second-order valence-electron chi connectivity index (χ2n) is 5.17. The van der Waals surface area contributed by atoms with Gasteiger partial charge in [-0.2, -0.15) is 0 Å². The van der Waals surface area contributed by atoms with Gasteiger partial charge in [0, 0.05) is 35.9 Å². The van der Waals surface area contributed by atoms with Gasteiger partial charge in [-0.25, -0.2) is 13.8 Å². The first kappa shape index (κ1) is 16.1. The molecule has 3 rings (SSSR count). The highest BCUT2D eigenvalue weighted by molar-refractivity contribution is 9.10. The minimum Gasteiger partial charge on any atom is -0.330 e. The van der Waals surface area contributed by atoms with Crippen LogP contribution in [0, 0.1) is 11.6 Å². The Morgan fingerprint density at radius 1 is 1.04 bits per heavy atom. The van der Waals surface area contributed by atoms with Crippen molar-refractivity contribution in [1.29, 1.82) is 0 Å². The lowest BCUT2D eigenvalue weighted by Gasteiger charge is -2.09. The van der Waals surface area contributed by atoms with Crippen molar-refractivity contribution in [2.75, 3.05) is 0 Å². The van der Waals surface area contributed by atoms with Crippen LogP contribution in [0.15, 0.2) is 53.3 Å². The van der Waals surface area contributed by atoms with Crippen LogP contribution < -0.4 is 0 Å². The van der Waals surface area contributed by atoms with Gasteiger partial charge in [-0.05, 0) is 51.3 Å². The molecule has 0 aliphatic heterocycles. The van der Waals surface area contributed by atoms with Gasteiger partial charge in [0.1, 0.15) is 17.5 Å². The molecule has 0 spiro atoms. The third-order valence-electron chi connectivity index (χ3n) is 3.42. The molecule has 118 valence electrons. The summed E-state index contributed by atoms with van der Waals surface area (Å²) in [6.45, 7) is 0.360. The van der Waals surface area contributed by atoms with Gasteiger partial charge in [0.2, 0.25) is 0 Å². The number of hydrogen-bond acceptors (Lipinski definition) is 1. The second-order valence-corrected chi connectivity index (χ2v) is 6.44. The van der Waals surface area contributed by atoms with Gasteiger partial charge in [-0.1, -0.05) is 17.7 Å². The molecule has 0 atom stereocenters. The lowest BCUT2D eigenvalue weighted by Crippen LogP contribution is -2.06. The predicted molar refractivity (Wildman–Crippen MR) is 89.6 cm³/mol. The zero-order chi connectivity index (χ0) is 16.4. The maximum Gasteiger partial charge on any atom is 0.126 e. The molecule has 0 aliphatic rings. The highest BCUT2D eigenvalue weighted by Gasteiger charge is 2.08. The van der Waals surface area contributed by atoms with Crippen molar-refractivity contribution in [3.8, 4) is 0 Å². The molecule has 1 aromatic heterocycles. The fourth-order valence-corrected chi connectivity index (χ4v) is 2.93. The number of rotatable bonds is 4. The number of aromatic nitrogens is 2. The second kappa shape index (κ2) is 6.81. The Morgan fingerprint density at radius 2 is 1.78 bits per heavy atom. The van der Waals surface area contributed by atoms with E-state index < -0.39 is 11.6 Å². The van der Waals surface area contributed by atoms with Crippen molar-refractivity contribution in [3.05, 3.63) is 86.9 Å². The van der Waals surface area contributed by atoms with E-state index in [2.05, 4.69) is 20.9 Å². The molecule has 0 saturated carbocycles. The number of imidazole rings is 1. The van der Waals surface area contributed by atoms with E-state index in [1.54, 1.807) is 12.4 Å². The summed E-state index contributed by atoms with van der Waals surface area (Å²) in [7, 11) is 0. The summed E-state index contributed by atoms with van der Waals surface area (Å²) in [5, 5.41) is 0.646. The standard InChI is InChI=1S/C17H12BrClF2N2/c18-15-7-11(1-2-16(15)19)8-17-22-3-4-23(17)10-12-5-13(20)9-14(21)6-12/h1-7,9H,8,10H2. The molecule has 0 amide bonds. The lowest BCUT2D eigenvalue weighted by molar-refractivity contribution is 0.576. The molecule has 0 aliphatic carbocycles. The molecule has 0 saturated heterocycles. The summed E-state index contributed by atoms with van der Waals surface area (Å²) in [6.07, 6.45) is 4.07. The van der Waals surface area contributed by atoms with Gasteiger partial charge in [0.25, 0.3) is 0 Å². The summed E-state index contributed by atoms with van der Waals surface area (Å²) in [4.78, 5) is 4.33. The van der Waals surface area contributed by atoms with E-state index in [-0.39, 0.29) is 0 Å². The molecular formula is C17H12BrClF2N2. The van der Waals surface area contributed by atoms with Crippen LogP contribution in [0.3, 0.4) is 0 Å². The molecule has 2 aromatic carbocycles. The van der Waals surface area contributed by atoms with Gasteiger partial charge in [-0.15, -0.1) is 0 Å². The first-order valence-electron chi connectivity index (χ1n) is 6.90. The van der Waals surface area contributed by atoms with Gasteiger partial charge >= 0.3 is 0 Å². The number of benzene rings is 2. The van der Waals surface area contributed by atoms with Crippen LogP contribution in [0.5, 0.6) is 0 Å². The Bertz CT molecular complexity index is 828. The Kier molecular flexibility index (Phi) is 4.78. The maximum atomic E-state index is 13.3. The molecular weight excluding hydrogens is 386 g/mol. The van der Waals surface area contributed by atoms with Crippen molar-refractivity contribution < 1.29 is 8.78 Å². The minimum absolute atomic E-state index is 0.360. The van der Waals surface area contributed by atoms with Crippen LogP contribution >= 0.6 is 27.5 Å². The molecule has 3 aromatic rings. The fourth-order valence-electron chi connectivity index (χ4n) is 2.38. The summed E-state index contributed by atoms with van der Waals surface area (Å²) in [6, 6.07) is 9.19. The highest BCUT2D eigenvalue weighted by atomic mass is 79.9. The average Bonchev–Trinajstić information content (AvgIpc) is 2.89. The molecule has 0 N–H and O–H groups in total. The van der Waals surface area contributed by atoms with Crippen molar-refractivity contribution in [1.82, 2.24) is 9.55 Å². The zero-order valence-corrected chi connectivity index (χ0v) is 14.3. The van der Waals surface area contributed by atoms with Crippen LogP contribution in [-0.4, -0.2) is 9.55 Å². The molecule has 6 heteroatoms. The SMILES string of the molecule is Fc1cc(F)cc(Cn2ccnc2Cc2ccc(Cl)c(Br)c2)c1. The van der Waals surface area contributed by atoms with Crippen LogP contribution in [0.25, 0.3) is 0 Å². The van der Waals surface area contributed by atoms with E-state index in [4.69, 9.17) is 11.6 Å². The molecule has 0 unspecified atom stereocenters. The Labute approximate surface area is 145 Å². The van der Waals surface area contributed by atoms with Crippen molar-refractivity contribution in [3.63, 3.8) is 0 Å². The molecule has 1 heterocycles. The summed E-state index contributed by atoms with van der Waals surface area (Å²) < 4.78 is 29.3. The Morgan fingerprint density at radius 3 is 2.48 bits per heavy atom. The van der Waals surface area contributed by atoms with E-state index in [0.29, 0.717) is 23.6 Å². The highest BCUT2D eigenvalue weighted by Crippen LogP contribution is 2.24. The maximum absolute atomic E-state index is 13.3. The van der Waals surface area contributed by atoms with Crippen molar-refractivity contribution >= 4 is 27.5 Å². The normalized spacial score (nSPS) is 11.0. The van der Waals surface area contributed by atoms with Gasteiger partial charge in [0.15, 0.2) is 0 Å². The van der Waals surface area contributed by atoms with Gasteiger partial charge in [0.05, 0.1) is 5.02 Å². The third-order valence-corrected chi connectivity index (χ3v) is 4.64. The first-order valence-corrected chi connectivity index (χ1v) is 8.07. The largest absolute Gasteiger partial charge is 0.330 e. The van der Waals surface area contributed by atoms with E-state index in [9.17, 15) is 8.78 Å². The lowest BCUT2D eigenvalue weighted by atomic mass is 10.1. The van der Waals surface area contributed by atoms with Gasteiger partial charge in [-0.3, -0.25) is 0 Å². The van der Waals surface area contributed by atoms with Crippen LogP contribution in [0.4, 0.5) is 8.78 Å². The topological polar surface area (TPSA) is 17.8 Å². The Hall–Kier alpha value is -1.72. The molecule has 0 fully saturated rings. The number of nitrogens with zero attached hydrogens (tertiary/aromatic N) is 2. The smallest absolute Gasteiger partial charge is 0.126 e. The Balaban J connectivity index is 1.83. The average molecular weight is 398 g/mol. The summed E-state index contributed by atoms with van der Waals surface area (Å²) in [5.74, 6) is -0.351. The van der Waals surface area contributed by atoms with Crippen LogP contribution in [-0.2, 0) is 13.0 Å². The van der Waals surface area contributed by atoms with Crippen LogP contribution in [0.2, 0.25) is 5.02 Å². The summed E-state index contributed by atoms with van der Waals surface area (Å²) >= 11 is 9.39. The third kappa shape index (κ3) is 3.98. The van der Waals surface area contributed by atoms with E-state index >= 15 is 0 Å².